The highest BCUT2D eigenvalue weighted by molar-refractivity contribution is 9.09. The molecule has 0 aliphatic rings. The number of nitro groups is 1. The minimum atomic E-state index is -4.68. The van der Waals surface area contributed by atoms with Crippen LogP contribution in [0.5, 0.6) is 0 Å². The quantitative estimate of drug-likeness (QED) is 0.519. The molecule has 1 aromatic carbocycles. The molecule has 0 saturated carbocycles. The Hall–Kier alpha value is -1.64. The van der Waals surface area contributed by atoms with Crippen molar-refractivity contribution in [2.24, 2.45) is 0 Å². The third kappa shape index (κ3) is 4.19. The molecule has 0 saturated heterocycles. The third-order valence-electron chi connectivity index (χ3n) is 2.12. The van der Waals surface area contributed by atoms with Gasteiger partial charge in [0.15, 0.2) is 0 Å². The summed E-state index contributed by atoms with van der Waals surface area (Å²) in [6.45, 7) is 0. The molecule has 0 aliphatic carbocycles. The summed E-state index contributed by atoms with van der Waals surface area (Å²) in [6, 6.07) is 1.94. The Morgan fingerprint density at radius 1 is 1.42 bits per heavy atom. The van der Waals surface area contributed by atoms with E-state index in [0.29, 0.717) is 17.5 Å². The van der Waals surface area contributed by atoms with Gasteiger partial charge in [-0.05, 0) is 12.1 Å². The summed E-state index contributed by atoms with van der Waals surface area (Å²) in [5, 5.41) is 13.3. The Bertz CT molecular complexity index is 505. The molecule has 0 heterocycles. The van der Waals surface area contributed by atoms with Crippen LogP contribution < -0.4 is 5.32 Å². The zero-order valence-electron chi connectivity index (χ0n) is 9.33. The van der Waals surface area contributed by atoms with Crippen LogP contribution in [0.15, 0.2) is 18.2 Å². The maximum absolute atomic E-state index is 12.4. The average Bonchev–Trinajstić information content (AvgIpc) is 2.27. The lowest BCUT2D eigenvalue weighted by molar-refractivity contribution is -0.384. The van der Waals surface area contributed by atoms with E-state index in [0.717, 1.165) is 6.07 Å². The number of rotatable bonds is 4. The summed E-state index contributed by atoms with van der Waals surface area (Å²) in [5.41, 5.74) is -2.20. The molecule has 0 aliphatic heterocycles. The van der Waals surface area contributed by atoms with Crippen LogP contribution in [0, 0.1) is 10.1 Å². The molecule has 1 aromatic rings. The monoisotopic (exact) mass is 340 g/mol. The van der Waals surface area contributed by atoms with Crippen molar-refractivity contribution in [1.29, 1.82) is 0 Å². The topological polar surface area (TPSA) is 72.2 Å². The fraction of sp³-hybridized carbons (Fsp3) is 0.300. The lowest BCUT2D eigenvalue weighted by Crippen LogP contribution is -2.14. The molecule has 19 heavy (non-hydrogen) atoms. The van der Waals surface area contributed by atoms with E-state index in [1.807, 2.05) is 0 Å². The van der Waals surface area contributed by atoms with Crippen LogP contribution in [-0.4, -0.2) is 16.2 Å². The Labute approximate surface area is 114 Å². The van der Waals surface area contributed by atoms with Gasteiger partial charge in [-0.1, -0.05) is 15.9 Å². The molecule has 1 rings (SSSR count). The number of amides is 1. The molecule has 1 amide bonds. The summed E-state index contributed by atoms with van der Waals surface area (Å²) in [7, 11) is 0. The van der Waals surface area contributed by atoms with Crippen molar-refractivity contribution in [2.75, 3.05) is 10.6 Å². The molecular formula is C10H8BrF3N2O3. The number of hydrogen-bond donors (Lipinski definition) is 1. The van der Waals surface area contributed by atoms with E-state index in [1.165, 1.54) is 0 Å². The van der Waals surface area contributed by atoms with Crippen LogP contribution in [0.3, 0.4) is 0 Å². The highest BCUT2D eigenvalue weighted by Crippen LogP contribution is 2.34. The van der Waals surface area contributed by atoms with Crippen molar-refractivity contribution in [3.05, 3.63) is 33.9 Å². The molecule has 0 fully saturated rings. The Morgan fingerprint density at radius 2 is 2.05 bits per heavy atom. The summed E-state index contributed by atoms with van der Waals surface area (Å²) >= 11 is 3.01. The molecule has 0 radical (unpaired) electrons. The molecule has 0 atom stereocenters. The van der Waals surface area contributed by atoms with Gasteiger partial charge in [0.05, 0.1) is 10.5 Å². The van der Waals surface area contributed by atoms with Crippen molar-refractivity contribution in [3.8, 4) is 0 Å². The van der Waals surface area contributed by atoms with Gasteiger partial charge >= 0.3 is 6.18 Å². The summed E-state index contributed by atoms with van der Waals surface area (Å²) in [4.78, 5) is 21.0. The predicted octanol–water partition coefficient (Wildman–Crippen LogP) is 3.34. The summed E-state index contributed by atoms with van der Waals surface area (Å²) in [5.74, 6) is -0.528. The average molecular weight is 341 g/mol. The standard InChI is InChI=1S/C10H8BrF3N2O3/c11-4-3-9(17)15-7-2-1-6(10(12,13)14)5-8(7)16(18)19/h1-2,5H,3-4H2,(H,15,17). The van der Waals surface area contributed by atoms with Crippen molar-refractivity contribution in [3.63, 3.8) is 0 Å². The van der Waals surface area contributed by atoms with E-state index in [2.05, 4.69) is 21.2 Å². The number of hydrogen-bond acceptors (Lipinski definition) is 3. The van der Waals surface area contributed by atoms with Gasteiger partial charge in [-0.15, -0.1) is 0 Å². The summed E-state index contributed by atoms with van der Waals surface area (Å²) < 4.78 is 37.3. The van der Waals surface area contributed by atoms with E-state index >= 15 is 0 Å². The molecule has 0 aromatic heterocycles. The molecular weight excluding hydrogens is 333 g/mol. The second-order valence-electron chi connectivity index (χ2n) is 3.47. The number of halogens is 4. The normalized spacial score (nSPS) is 11.2. The van der Waals surface area contributed by atoms with Crippen LogP contribution in [-0.2, 0) is 11.0 Å². The maximum Gasteiger partial charge on any atom is 0.416 e. The van der Waals surface area contributed by atoms with Gasteiger partial charge in [0.25, 0.3) is 5.69 Å². The minimum Gasteiger partial charge on any atom is -0.320 e. The number of anilines is 1. The van der Waals surface area contributed by atoms with Gasteiger partial charge in [-0.2, -0.15) is 13.2 Å². The molecule has 0 spiro atoms. The number of benzene rings is 1. The molecule has 0 bridgehead atoms. The smallest absolute Gasteiger partial charge is 0.320 e. The molecule has 1 N–H and O–H groups in total. The summed E-state index contributed by atoms with van der Waals surface area (Å²) in [6.07, 6.45) is -4.62. The SMILES string of the molecule is O=C(CCBr)Nc1ccc(C(F)(F)F)cc1[N+](=O)[O-]. The van der Waals surface area contributed by atoms with E-state index in [4.69, 9.17) is 0 Å². The van der Waals surface area contributed by atoms with Crippen LogP contribution in [0.1, 0.15) is 12.0 Å². The number of nitrogens with one attached hydrogen (secondary N) is 1. The van der Waals surface area contributed by atoms with Crippen molar-refractivity contribution >= 4 is 33.2 Å². The van der Waals surface area contributed by atoms with Gasteiger partial charge in [0.1, 0.15) is 5.69 Å². The van der Waals surface area contributed by atoms with E-state index in [-0.39, 0.29) is 12.1 Å². The first kappa shape index (κ1) is 15.4. The molecule has 5 nitrogen and oxygen atoms in total. The number of carbonyl (C=O) groups excluding carboxylic acids is 1. The first-order chi connectivity index (χ1) is 8.75. The van der Waals surface area contributed by atoms with Crippen molar-refractivity contribution < 1.29 is 22.9 Å². The van der Waals surface area contributed by atoms with E-state index < -0.39 is 28.3 Å². The van der Waals surface area contributed by atoms with Crippen molar-refractivity contribution in [2.45, 2.75) is 12.6 Å². The van der Waals surface area contributed by atoms with Crippen LogP contribution in [0.2, 0.25) is 0 Å². The fourth-order valence-corrected chi connectivity index (χ4v) is 1.62. The zero-order chi connectivity index (χ0) is 14.6. The van der Waals surface area contributed by atoms with Crippen LogP contribution in [0.25, 0.3) is 0 Å². The molecule has 0 unspecified atom stereocenters. The number of carbonyl (C=O) groups is 1. The number of nitro benzene ring substituents is 1. The van der Waals surface area contributed by atoms with Gasteiger partial charge in [-0.25, -0.2) is 0 Å². The van der Waals surface area contributed by atoms with Crippen LogP contribution in [0.4, 0.5) is 24.5 Å². The zero-order valence-corrected chi connectivity index (χ0v) is 10.9. The first-order valence-corrected chi connectivity index (χ1v) is 6.09. The number of alkyl halides is 4. The Morgan fingerprint density at radius 3 is 2.53 bits per heavy atom. The molecule has 104 valence electrons. The van der Waals surface area contributed by atoms with E-state index in [1.54, 1.807) is 0 Å². The van der Waals surface area contributed by atoms with Crippen LogP contribution >= 0.6 is 15.9 Å². The fourth-order valence-electron chi connectivity index (χ4n) is 1.26. The Kier molecular flexibility index (Phi) is 4.87. The number of nitrogens with zero attached hydrogens (tertiary/aromatic N) is 1. The third-order valence-corrected chi connectivity index (χ3v) is 2.51. The lowest BCUT2D eigenvalue weighted by atomic mass is 10.1. The van der Waals surface area contributed by atoms with Gasteiger partial charge in [0, 0.05) is 17.8 Å². The maximum atomic E-state index is 12.4. The lowest BCUT2D eigenvalue weighted by Gasteiger charge is -2.09. The Balaban J connectivity index is 3.12. The second-order valence-corrected chi connectivity index (χ2v) is 4.27. The highest BCUT2D eigenvalue weighted by atomic mass is 79.9. The molecule has 9 heteroatoms. The van der Waals surface area contributed by atoms with Gasteiger partial charge in [-0.3, -0.25) is 14.9 Å². The predicted molar refractivity (Wildman–Crippen MR) is 65.1 cm³/mol. The van der Waals surface area contributed by atoms with Gasteiger partial charge in [0.2, 0.25) is 5.91 Å². The van der Waals surface area contributed by atoms with E-state index in [9.17, 15) is 28.1 Å². The van der Waals surface area contributed by atoms with Crippen molar-refractivity contribution in [1.82, 2.24) is 0 Å². The minimum absolute atomic E-state index is 0.0537. The van der Waals surface area contributed by atoms with Gasteiger partial charge < -0.3 is 5.32 Å². The second kappa shape index (κ2) is 6.00. The first-order valence-electron chi connectivity index (χ1n) is 4.97. The highest BCUT2D eigenvalue weighted by Gasteiger charge is 2.33. The largest absolute Gasteiger partial charge is 0.416 e.